The lowest BCUT2D eigenvalue weighted by Gasteiger charge is -2.47. The molecule has 1 aliphatic heterocycles. The van der Waals surface area contributed by atoms with Crippen LogP contribution in [0.25, 0.3) is 0 Å². The van der Waals surface area contributed by atoms with Crippen molar-refractivity contribution in [1.82, 2.24) is 10.2 Å². The number of piperazine rings is 1. The molecule has 3 N–H and O–H groups in total. The fraction of sp³-hybridized carbons (Fsp3) is 0.923. The summed E-state index contributed by atoms with van der Waals surface area (Å²) in [5, 5.41) is 3.35. The van der Waals surface area contributed by atoms with Crippen LogP contribution in [-0.4, -0.2) is 41.0 Å². The number of nitrogens with two attached hydrogens (primary N) is 1. The average molecular weight is 243 g/mol. The van der Waals surface area contributed by atoms with Crippen LogP contribution in [0.3, 0.4) is 0 Å². The van der Waals surface area contributed by atoms with Crippen molar-refractivity contribution in [3.8, 4) is 0 Å². The number of nitrogens with zero attached hydrogens (tertiary/aromatic N) is 1. The van der Waals surface area contributed by atoms with Gasteiger partial charge in [0.05, 0.1) is 5.54 Å². The summed E-state index contributed by atoms with van der Waals surface area (Å²) in [6.45, 7) is 15.7. The van der Waals surface area contributed by atoms with E-state index in [1.54, 1.807) is 0 Å². The molecule has 102 valence electrons. The minimum Gasteiger partial charge on any atom is -0.340 e. The van der Waals surface area contributed by atoms with Crippen LogP contribution in [-0.2, 0) is 4.79 Å². The lowest BCUT2D eigenvalue weighted by atomic mass is 9.91. The summed E-state index contributed by atoms with van der Waals surface area (Å²) in [5.74, 6) is 0.203. The molecule has 0 aromatic rings. The molecule has 1 aliphatic rings. The molecule has 4 nitrogen and oxygen atoms in total. The SMILES string of the molecule is CC(C)N.CCN1CC(C)(C)NC(C)(C)C1=O. The van der Waals surface area contributed by atoms with Crippen LogP contribution >= 0.6 is 0 Å². The number of amides is 1. The molecule has 0 unspecified atom stereocenters. The van der Waals surface area contributed by atoms with Crippen LogP contribution in [0.15, 0.2) is 0 Å². The van der Waals surface area contributed by atoms with Gasteiger partial charge in [-0.2, -0.15) is 0 Å². The van der Waals surface area contributed by atoms with Crippen molar-refractivity contribution in [2.75, 3.05) is 13.1 Å². The maximum atomic E-state index is 11.8. The van der Waals surface area contributed by atoms with E-state index >= 15 is 0 Å². The predicted octanol–water partition coefficient (Wildman–Crippen LogP) is 1.35. The number of hydrogen-bond acceptors (Lipinski definition) is 3. The molecule has 1 amide bonds. The molecule has 0 aliphatic carbocycles. The average Bonchev–Trinajstić information content (AvgIpc) is 2.08. The van der Waals surface area contributed by atoms with Gasteiger partial charge in [0.15, 0.2) is 0 Å². The van der Waals surface area contributed by atoms with Crippen molar-refractivity contribution < 1.29 is 4.79 Å². The molecule has 1 saturated heterocycles. The number of carbonyl (C=O) groups is 1. The van der Waals surface area contributed by atoms with Gasteiger partial charge in [-0.1, -0.05) is 13.8 Å². The fourth-order valence-electron chi connectivity index (χ4n) is 2.14. The van der Waals surface area contributed by atoms with Crippen LogP contribution in [0, 0.1) is 0 Å². The van der Waals surface area contributed by atoms with E-state index in [1.165, 1.54) is 0 Å². The number of rotatable bonds is 1. The predicted molar refractivity (Wildman–Crippen MR) is 72.9 cm³/mol. The largest absolute Gasteiger partial charge is 0.340 e. The minimum atomic E-state index is -0.419. The standard InChI is InChI=1S/C10H20N2O.C3H9N/c1-6-12-7-9(2,3)11-10(4,5)8(12)13;1-3(2)4/h11H,6-7H2,1-5H3;3H,4H2,1-2H3. The summed E-state index contributed by atoms with van der Waals surface area (Å²) in [5.41, 5.74) is 4.71. The van der Waals surface area contributed by atoms with E-state index in [0.717, 1.165) is 13.1 Å². The maximum absolute atomic E-state index is 11.8. The molecule has 0 aromatic carbocycles. The van der Waals surface area contributed by atoms with Crippen molar-refractivity contribution in [1.29, 1.82) is 0 Å². The molecule has 4 heteroatoms. The Labute approximate surface area is 106 Å². The fourth-order valence-corrected chi connectivity index (χ4v) is 2.14. The van der Waals surface area contributed by atoms with Crippen LogP contribution in [0.5, 0.6) is 0 Å². The first-order valence-corrected chi connectivity index (χ1v) is 6.36. The van der Waals surface area contributed by atoms with Gasteiger partial charge >= 0.3 is 0 Å². The van der Waals surface area contributed by atoms with Crippen molar-refractivity contribution in [3.05, 3.63) is 0 Å². The number of carbonyl (C=O) groups excluding carboxylic acids is 1. The van der Waals surface area contributed by atoms with Gasteiger partial charge in [-0.15, -0.1) is 0 Å². The highest BCUT2D eigenvalue weighted by atomic mass is 16.2. The highest BCUT2D eigenvalue weighted by Crippen LogP contribution is 2.21. The van der Waals surface area contributed by atoms with Crippen molar-refractivity contribution >= 4 is 5.91 Å². The highest BCUT2D eigenvalue weighted by molar-refractivity contribution is 5.86. The summed E-state index contributed by atoms with van der Waals surface area (Å²) >= 11 is 0. The summed E-state index contributed by atoms with van der Waals surface area (Å²) < 4.78 is 0. The van der Waals surface area contributed by atoms with Crippen LogP contribution < -0.4 is 11.1 Å². The van der Waals surface area contributed by atoms with E-state index in [9.17, 15) is 4.79 Å². The molecule has 0 aromatic heterocycles. The third-order valence-corrected chi connectivity index (χ3v) is 2.44. The van der Waals surface area contributed by atoms with E-state index in [1.807, 2.05) is 39.5 Å². The number of hydrogen-bond donors (Lipinski definition) is 2. The van der Waals surface area contributed by atoms with Crippen LogP contribution in [0.4, 0.5) is 0 Å². The second-order valence-corrected chi connectivity index (χ2v) is 6.20. The smallest absolute Gasteiger partial charge is 0.242 e. The Kier molecular flexibility index (Phi) is 5.62. The third kappa shape index (κ3) is 5.50. The molecular weight excluding hydrogens is 214 g/mol. The van der Waals surface area contributed by atoms with E-state index in [2.05, 4.69) is 19.2 Å². The maximum Gasteiger partial charge on any atom is 0.242 e. The zero-order chi connectivity index (χ0) is 13.9. The first-order chi connectivity index (χ1) is 7.52. The van der Waals surface area contributed by atoms with Gasteiger partial charge in [-0.3, -0.25) is 10.1 Å². The topological polar surface area (TPSA) is 58.4 Å². The molecular formula is C13H29N3O. The Balaban J connectivity index is 0.000000557. The van der Waals surface area contributed by atoms with Crippen molar-refractivity contribution in [2.24, 2.45) is 5.73 Å². The zero-order valence-corrected chi connectivity index (χ0v) is 12.4. The van der Waals surface area contributed by atoms with Gasteiger partial charge in [0.25, 0.3) is 0 Å². The Morgan fingerprint density at radius 2 is 1.76 bits per heavy atom. The molecule has 0 bridgehead atoms. The lowest BCUT2D eigenvalue weighted by Crippen LogP contribution is -2.69. The van der Waals surface area contributed by atoms with Crippen LogP contribution in [0.2, 0.25) is 0 Å². The third-order valence-electron chi connectivity index (χ3n) is 2.44. The zero-order valence-electron chi connectivity index (χ0n) is 12.4. The van der Waals surface area contributed by atoms with Crippen LogP contribution in [0.1, 0.15) is 48.5 Å². The van der Waals surface area contributed by atoms with Gasteiger partial charge in [0, 0.05) is 18.6 Å². The summed E-state index contributed by atoms with van der Waals surface area (Å²) in [7, 11) is 0. The van der Waals surface area contributed by atoms with Gasteiger partial charge in [0.2, 0.25) is 5.91 Å². The molecule has 0 atom stereocenters. The van der Waals surface area contributed by atoms with E-state index in [4.69, 9.17) is 5.73 Å². The van der Waals surface area contributed by atoms with E-state index < -0.39 is 5.54 Å². The van der Waals surface area contributed by atoms with Gasteiger partial charge in [-0.25, -0.2) is 0 Å². The van der Waals surface area contributed by atoms with Gasteiger partial charge in [0.1, 0.15) is 0 Å². The molecule has 1 rings (SSSR count). The van der Waals surface area contributed by atoms with Crippen molar-refractivity contribution in [2.45, 2.75) is 65.6 Å². The Bertz CT molecular complexity index is 257. The van der Waals surface area contributed by atoms with Crippen molar-refractivity contribution in [3.63, 3.8) is 0 Å². The first-order valence-electron chi connectivity index (χ1n) is 6.36. The quantitative estimate of drug-likeness (QED) is 0.731. The number of likely N-dealkylation sites (N-methyl/N-ethyl adjacent to an activating group) is 1. The Hall–Kier alpha value is -0.610. The van der Waals surface area contributed by atoms with E-state index in [0.29, 0.717) is 6.04 Å². The monoisotopic (exact) mass is 243 g/mol. The summed E-state index contributed by atoms with van der Waals surface area (Å²) in [4.78, 5) is 13.7. The lowest BCUT2D eigenvalue weighted by molar-refractivity contribution is -0.143. The minimum absolute atomic E-state index is 0.0212. The second kappa shape index (κ2) is 5.83. The molecule has 0 saturated carbocycles. The molecule has 0 spiro atoms. The van der Waals surface area contributed by atoms with Gasteiger partial charge in [-0.05, 0) is 40.7 Å². The first kappa shape index (κ1) is 16.4. The van der Waals surface area contributed by atoms with Gasteiger partial charge < -0.3 is 10.6 Å². The second-order valence-electron chi connectivity index (χ2n) is 6.20. The molecule has 17 heavy (non-hydrogen) atoms. The Morgan fingerprint density at radius 1 is 1.35 bits per heavy atom. The summed E-state index contributed by atoms with van der Waals surface area (Å²) in [6, 6.07) is 0.333. The van der Waals surface area contributed by atoms with E-state index in [-0.39, 0.29) is 11.4 Å². The molecule has 1 heterocycles. The molecule has 0 radical (unpaired) electrons. The Morgan fingerprint density at radius 3 is 2.12 bits per heavy atom. The highest BCUT2D eigenvalue weighted by Gasteiger charge is 2.42. The normalized spacial score (nSPS) is 22.2. The summed E-state index contributed by atoms with van der Waals surface area (Å²) in [6.07, 6.45) is 0. The molecule has 1 fully saturated rings. The number of nitrogens with one attached hydrogen (secondary N) is 1.